The number of carbonyl (C=O) groups excluding carboxylic acids is 2. The molecule has 0 heterocycles. The van der Waals surface area contributed by atoms with Crippen LogP contribution in [0, 0.1) is 10.1 Å². The second-order valence-electron chi connectivity index (χ2n) is 6.86. The summed E-state index contributed by atoms with van der Waals surface area (Å²) >= 11 is 0. The predicted octanol–water partition coefficient (Wildman–Crippen LogP) is 3.23. The third kappa shape index (κ3) is 5.68. The lowest BCUT2D eigenvalue weighted by Gasteiger charge is -2.19. The van der Waals surface area contributed by atoms with Crippen molar-refractivity contribution < 1.29 is 27.7 Å². The van der Waals surface area contributed by atoms with Crippen molar-refractivity contribution in [2.75, 3.05) is 18.4 Å². The number of nitrogens with zero attached hydrogens (tertiary/aromatic N) is 2. The standard InChI is InChI=1S/C21H25N3O7S/c1-5-23(6-2)32(29,30)18-10-11-20(19(13-18)24(27)28)31-15(4)21(26)22-17-9-7-8-16(12-17)14(3)25/h7-13,15H,5-6H2,1-4H3,(H,22,26). The highest BCUT2D eigenvalue weighted by molar-refractivity contribution is 7.89. The highest BCUT2D eigenvalue weighted by Gasteiger charge is 2.28. The number of amides is 1. The number of rotatable bonds is 10. The maximum Gasteiger partial charge on any atom is 0.312 e. The van der Waals surface area contributed by atoms with E-state index in [1.54, 1.807) is 32.0 Å². The summed E-state index contributed by atoms with van der Waals surface area (Å²) < 4.78 is 32.0. The Labute approximate surface area is 186 Å². The minimum Gasteiger partial charge on any atom is -0.474 e. The van der Waals surface area contributed by atoms with Gasteiger partial charge in [0.05, 0.1) is 9.82 Å². The molecule has 0 radical (unpaired) electrons. The molecule has 2 aromatic rings. The van der Waals surface area contributed by atoms with Crippen LogP contribution in [-0.2, 0) is 14.8 Å². The first-order valence-electron chi connectivity index (χ1n) is 9.88. The van der Waals surface area contributed by atoms with Gasteiger partial charge in [-0.15, -0.1) is 0 Å². The van der Waals surface area contributed by atoms with Gasteiger partial charge < -0.3 is 10.1 Å². The van der Waals surface area contributed by atoms with Gasteiger partial charge in [-0.05, 0) is 38.1 Å². The number of anilines is 1. The Morgan fingerprint density at radius 2 is 1.81 bits per heavy atom. The molecule has 1 unspecified atom stereocenters. The Kier molecular flexibility index (Phi) is 8.06. The van der Waals surface area contributed by atoms with Crippen LogP contribution in [0.1, 0.15) is 38.1 Å². The van der Waals surface area contributed by atoms with E-state index in [1.165, 1.54) is 30.3 Å². The molecule has 0 aliphatic rings. The lowest BCUT2D eigenvalue weighted by molar-refractivity contribution is -0.386. The van der Waals surface area contributed by atoms with E-state index in [9.17, 15) is 28.1 Å². The lowest BCUT2D eigenvalue weighted by Crippen LogP contribution is -2.31. The highest BCUT2D eigenvalue weighted by atomic mass is 32.2. The van der Waals surface area contributed by atoms with Crippen LogP contribution in [0.25, 0.3) is 0 Å². The van der Waals surface area contributed by atoms with Crippen molar-refractivity contribution in [1.29, 1.82) is 0 Å². The van der Waals surface area contributed by atoms with E-state index in [0.29, 0.717) is 11.3 Å². The topological polar surface area (TPSA) is 136 Å². The van der Waals surface area contributed by atoms with Gasteiger partial charge >= 0.3 is 5.69 Å². The largest absolute Gasteiger partial charge is 0.474 e. The maximum atomic E-state index is 12.7. The molecule has 32 heavy (non-hydrogen) atoms. The van der Waals surface area contributed by atoms with Gasteiger partial charge in [-0.25, -0.2) is 8.42 Å². The van der Waals surface area contributed by atoms with E-state index in [-0.39, 0.29) is 29.5 Å². The van der Waals surface area contributed by atoms with Crippen LogP contribution in [0.2, 0.25) is 0 Å². The Balaban J connectivity index is 2.26. The molecule has 0 saturated carbocycles. The summed E-state index contributed by atoms with van der Waals surface area (Å²) in [4.78, 5) is 34.5. The molecule has 11 heteroatoms. The van der Waals surface area contributed by atoms with E-state index < -0.39 is 32.6 Å². The van der Waals surface area contributed by atoms with Crippen LogP contribution in [0.4, 0.5) is 11.4 Å². The van der Waals surface area contributed by atoms with E-state index in [4.69, 9.17) is 4.74 Å². The summed E-state index contributed by atoms with van der Waals surface area (Å²) in [5, 5.41) is 14.1. The Morgan fingerprint density at radius 1 is 1.16 bits per heavy atom. The van der Waals surface area contributed by atoms with Gasteiger partial charge in [0.2, 0.25) is 10.0 Å². The number of nitrogens with one attached hydrogen (secondary N) is 1. The van der Waals surface area contributed by atoms with Crippen LogP contribution < -0.4 is 10.1 Å². The number of sulfonamides is 1. The second kappa shape index (κ2) is 10.3. The number of ether oxygens (including phenoxy) is 1. The predicted molar refractivity (Wildman–Crippen MR) is 118 cm³/mol. The fraction of sp³-hybridized carbons (Fsp3) is 0.333. The van der Waals surface area contributed by atoms with Gasteiger partial charge in [-0.3, -0.25) is 19.7 Å². The average Bonchev–Trinajstić information content (AvgIpc) is 2.74. The zero-order chi connectivity index (χ0) is 24.1. The first kappa shape index (κ1) is 25.0. The summed E-state index contributed by atoms with van der Waals surface area (Å²) in [6, 6.07) is 9.59. The molecule has 0 fully saturated rings. The molecule has 1 amide bonds. The second-order valence-corrected chi connectivity index (χ2v) is 8.80. The fourth-order valence-corrected chi connectivity index (χ4v) is 4.39. The van der Waals surface area contributed by atoms with Crippen LogP contribution in [-0.4, -0.2) is 48.5 Å². The van der Waals surface area contributed by atoms with Crippen molar-refractivity contribution in [2.24, 2.45) is 0 Å². The molecule has 0 aromatic heterocycles. The number of hydrogen-bond acceptors (Lipinski definition) is 7. The molecule has 0 bridgehead atoms. The molecule has 10 nitrogen and oxygen atoms in total. The Morgan fingerprint density at radius 3 is 2.38 bits per heavy atom. The lowest BCUT2D eigenvalue weighted by atomic mass is 10.1. The quantitative estimate of drug-likeness (QED) is 0.324. The minimum absolute atomic E-state index is 0.166. The summed E-state index contributed by atoms with van der Waals surface area (Å²) in [5.41, 5.74) is 0.210. The first-order chi connectivity index (χ1) is 15.0. The molecule has 0 aliphatic heterocycles. The van der Waals surface area contributed by atoms with Gasteiger partial charge in [0.25, 0.3) is 5.91 Å². The van der Waals surface area contributed by atoms with Crippen LogP contribution >= 0.6 is 0 Å². The molecular formula is C21H25N3O7S. The molecule has 0 saturated heterocycles. The number of hydrogen-bond donors (Lipinski definition) is 1. The van der Waals surface area contributed by atoms with E-state index in [0.717, 1.165) is 12.1 Å². The smallest absolute Gasteiger partial charge is 0.312 e. The zero-order valence-corrected chi connectivity index (χ0v) is 19.0. The number of nitro groups is 1. The van der Waals surface area contributed by atoms with Crippen LogP contribution in [0.15, 0.2) is 47.4 Å². The molecule has 172 valence electrons. The number of Topliss-reactive ketones (excluding diaryl/α,β-unsaturated/α-hetero) is 1. The van der Waals surface area contributed by atoms with E-state index in [1.807, 2.05) is 0 Å². The molecular weight excluding hydrogens is 438 g/mol. The third-order valence-corrected chi connectivity index (χ3v) is 6.73. The average molecular weight is 464 g/mol. The molecule has 0 spiro atoms. The van der Waals surface area contributed by atoms with Crippen molar-refractivity contribution >= 4 is 33.1 Å². The molecule has 2 aromatic carbocycles. The summed E-state index contributed by atoms with van der Waals surface area (Å²) in [5.74, 6) is -1.01. The monoisotopic (exact) mass is 463 g/mol. The van der Waals surface area contributed by atoms with Gasteiger partial charge in [0.1, 0.15) is 0 Å². The highest BCUT2D eigenvalue weighted by Crippen LogP contribution is 2.31. The molecule has 0 aliphatic carbocycles. The van der Waals surface area contributed by atoms with Gasteiger partial charge in [-0.2, -0.15) is 4.31 Å². The van der Waals surface area contributed by atoms with E-state index in [2.05, 4.69) is 5.32 Å². The fourth-order valence-electron chi connectivity index (χ4n) is 2.92. The SMILES string of the molecule is CCN(CC)S(=O)(=O)c1ccc(OC(C)C(=O)Nc2cccc(C(C)=O)c2)c([N+](=O)[O-])c1. The normalized spacial score (nSPS) is 12.3. The zero-order valence-electron chi connectivity index (χ0n) is 18.2. The third-order valence-electron chi connectivity index (χ3n) is 4.68. The van der Waals surface area contributed by atoms with Crippen LogP contribution in [0.3, 0.4) is 0 Å². The number of benzene rings is 2. The Bertz CT molecular complexity index is 1130. The van der Waals surface area contributed by atoms with Crippen molar-refractivity contribution in [2.45, 2.75) is 38.7 Å². The number of ketones is 1. The van der Waals surface area contributed by atoms with Gasteiger partial charge in [0.15, 0.2) is 17.6 Å². The minimum atomic E-state index is -3.90. The molecule has 2 rings (SSSR count). The first-order valence-corrected chi connectivity index (χ1v) is 11.3. The number of carbonyl (C=O) groups is 2. The Hall–Kier alpha value is -3.31. The van der Waals surface area contributed by atoms with Crippen molar-refractivity contribution in [3.8, 4) is 5.75 Å². The van der Waals surface area contributed by atoms with Gasteiger partial charge in [0, 0.05) is 30.4 Å². The van der Waals surface area contributed by atoms with Crippen LogP contribution in [0.5, 0.6) is 5.75 Å². The summed E-state index contributed by atoms with van der Waals surface area (Å²) in [6.45, 7) is 6.56. The molecule has 1 atom stereocenters. The van der Waals surface area contributed by atoms with Crippen molar-refractivity contribution in [3.05, 3.63) is 58.1 Å². The van der Waals surface area contributed by atoms with Gasteiger partial charge in [-0.1, -0.05) is 26.0 Å². The number of nitro benzene ring substituents is 1. The van der Waals surface area contributed by atoms with E-state index >= 15 is 0 Å². The summed E-state index contributed by atoms with van der Waals surface area (Å²) in [6.07, 6.45) is -1.14. The van der Waals surface area contributed by atoms with Crippen molar-refractivity contribution in [3.63, 3.8) is 0 Å². The molecule has 1 N–H and O–H groups in total. The summed E-state index contributed by atoms with van der Waals surface area (Å²) in [7, 11) is -3.90. The maximum absolute atomic E-state index is 12.7. The van der Waals surface area contributed by atoms with Crippen molar-refractivity contribution in [1.82, 2.24) is 4.31 Å².